The van der Waals surface area contributed by atoms with Crippen molar-refractivity contribution in [3.63, 3.8) is 0 Å². The average Bonchev–Trinajstić information content (AvgIpc) is 2.38. The molecular weight excluding hydrogens is 212 g/mol. The van der Waals surface area contributed by atoms with Crippen molar-refractivity contribution in [3.8, 4) is 0 Å². The third kappa shape index (κ3) is 4.86. The second-order valence-corrected chi connectivity index (χ2v) is 4.25. The lowest BCUT2D eigenvalue weighted by molar-refractivity contribution is 0.114. The average molecular weight is 236 g/mol. The molecule has 0 aromatic heterocycles. The van der Waals surface area contributed by atoms with Gasteiger partial charge in [0.15, 0.2) is 0 Å². The van der Waals surface area contributed by atoms with E-state index in [9.17, 15) is 0 Å². The molecule has 3 heteroatoms. The summed E-state index contributed by atoms with van der Waals surface area (Å²) in [6.45, 7) is 5.51. The SMILES string of the molecule is CCC(CN)N(CCOC)Cc1ccccc1. The molecule has 1 aromatic rings. The predicted octanol–water partition coefficient (Wildman–Crippen LogP) is 1.87. The van der Waals surface area contributed by atoms with Gasteiger partial charge >= 0.3 is 0 Å². The molecule has 1 atom stereocenters. The topological polar surface area (TPSA) is 38.5 Å². The van der Waals surface area contributed by atoms with Gasteiger partial charge in [-0.15, -0.1) is 0 Å². The van der Waals surface area contributed by atoms with Crippen LogP contribution in [0.1, 0.15) is 18.9 Å². The van der Waals surface area contributed by atoms with E-state index in [4.69, 9.17) is 10.5 Å². The highest BCUT2D eigenvalue weighted by atomic mass is 16.5. The molecule has 96 valence electrons. The van der Waals surface area contributed by atoms with E-state index in [1.807, 2.05) is 6.07 Å². The first-order valence-electron chi connectivity index (χ1n) is 6.28. The van der Waals surface area contributed by atoms with Gasteiger partial charge in [0.1, 0.15) is 0 Å². The van der Waals surface area contributed by atoms with Crippen LogP contribution in [0.3, 0.4) is 0 Å². The molecule has 0 aliphatic carbocycles. The number of nitrogens with two attached hydrogens (primary N) is 1. The maximum Gasteiger partial charge on any atom is 0.0589 e. The molecule has 3 nitrogen and oxygen atoms in total. The van der Waals surface area contributed by atoms with E-state index in [0.29, 0.717) is 12.6 Å². The zero-order valence-corrected chi connectivity index (χ0v) is 10.9. The van der Waals surface area contributed by atoms with Crippen molar-refractivity contribution in [3.05, 3.63) is 35.9 Å². The monoisotopic (exact) mass is 236 g/mol. The molecule has 1 aromatic carbocycles. The first kappa shape index (κ1) is 14.2. The maximum atomic E-state index is 5.83. The van der Waals surface area contributed by atoms with Crippen LogP contribution in [0.5, 0.6) is 0 Å². The largest absolute Gasteiger partial charge is 0.383 e. The zero-order chi connectivity index (χ0) is 12.5. The Labute approximate surface area is 105 Å². The van der Waals surface area contributed by atoms with E-state index < -0.39 is 0 Å². The van der Waals surface area contributed by atoms with Crippen molar-refractivity contribution in [1.29, 1.82) is 0 Å². The summed E-state index contributed by atoms with van der Waals surface area (Å²) in [4.78, 5) is 2.40. The van der Waals surface area contributed by atoms with Crippen LogP contribution in [0.15, 0.2) is 30.3 Å². The molecule has 1 unspecified atom stereocenters. The minimum Gasteiger partial charge on any atom is -0.383 e. The van der Waals surface area contributed by atoms with E-state index in [-0.39, 0.29) is 0 Å². The van der Waals surface area contributed by atoms with E-state index in [1.54, 1.807) is 7.11 Å². The van der Waals surface area contributed by atoms with Crippen molar-refractivity contribution in [1.82, 2.24) is 4.90 Å². The highest BCUT2D eigenvalue weighted by Gasteiger charge is 2.15. The van der Waals surface area contributed by atoms with Crippen LogP contribution in [0.25, 0.3) is 0 Å². The Balaban J connectivity index is 2.62. The van der Waals surface area contributed by atoms with Crippen LogP contribution in [-0.4, -0.2) is 37.7 Å². The standard InChI is InChI=1S/C14H24N2O/c1-3-14(11-15)16(9-10-17-2)12-13-7-5-4-6-8-13/h4-8,14H,3,9-12,15H2,1-2H3. The molecule has 0 bridgehead atoms. The fourth-order valence-corrected chi connectivity index (χ4v) is 1.99. The van der Waals surface area contributed by atoms with E-state index in [1.165, 1.54) is 5.56 Å². The first-order valence-corrected chi connectivity index (χ1v) is 6.28. The molecule has 0 saturated carbocycles. The van der Waals surface area contributed by atoms with Gasteiger partial charge in [0.2, 0.25) is 0 Å². The lowest BCUT2D eigenvalue weighted by Gasteiger charge is -2.30. The predicted molar refractivity (Wildman–Crippen MR) is 71.9 cm³/mol. The Bertz CT molecular complexity index is 286. The molecule has 0 amide bonds. The van der Waals surface area contributed by atoms with Gasteiger partial charge in [0.25, 0.3) is 0 Å². The summed E-state index contributed by atoms with van der Waals surface area (Å²) in [6.07, 6.45) is 1.08. The van der Waals surface area contributed by atoms with Crippen LogP contribution in [0.2, 0.25) is 0 Å². The zero-order valence-electron chi connectivity index (χ0n) is 10.9. The van der Waals surface area contributed by atoms with Crippen LogP contribution in [-0.2, 0) is 11.3 Å². The van der Waals surface area contributed by atoms with Gasteiger partial charge in [-0.05, 0) is 12.0 Å². The Hall–Kier alpha value is -0.900. The second-order valence-electron chi connectivity index (χ2n) is 4.25. The van der Waals surface area contributed by atoms with Crippen molar-refractivity contribution in [2.24, 2.45) is 5.73 Å². The molecule has 17 heavy (non-hydrogen) atoms. The summed E-state index contributed by atoms with van der Waals surface area (Å²) in [7, 11) is 1.74. The number of rotatable bonds is 8. The summed E-state index contributed by atoms with van der Waals surface area (Å²) >= 11 is 0. The van der Waals surface area contributed by atoms with Gasteiger partial charge in [0, 0.05) is 32.8 Å². The van der Waals surface area contributed by atoms with Crippen LogP contribution in [0.4, 0.5) is 0 Å². The summed E-state index contributed by atoms with van der Waals surface area (Å²) in [5.74, 6) is 0. The molecule has 0 aliphatic rings. The number of nitrogens with zero attached hydrogens (tertiary/aromatic N) is 1. The summed E-state index contributed by atoms with van der Waals surface area (Å²) in [5, 5.41) is 0. The number of ether oxygens (including phenoxy) is 1. The molecule has 2 N–H and O–H groups in total. The van der Waals surface area contributed by atoms with Crippen LogP contribution >= 0.6 is 0 Å². The summed E-state index contributed by atoms with van der Waals surface area (Å²) in [6, 6.07) is 10.9. The smallest absolute Gasteiger partial charge is 0.0589 e. The van der Waals surface area contributed by atoms with Gasteiger partial charge in [-0.2, -0.15) is 0 Å². The summed E-state index contributed by atoms with van der Waals surface area (Å²) in [5.41, 5.74) is 7.16. The summed E-state index contributed by atoms with van der Waals surface area (Å²) < 4.78 is 5.17. The number of benzene rings is 1. The van der Waals surface area contributed by atoms with Crippen molar-refractivity contribution < 1.29 is 4.74 Å². The second kappa shape index (κ2) is 8.23. The van der Waals surface area contributed by atoms with Crippen molar-refractivity contribution >= 4 is 0 Å². The Morgan fingerprint density at radius 3 is 2.53 bits per heavy atom. The molecule has 0 fully saturated rings. The number of hydrogen-bond acceptors (Lipinski definition) is 3. The third-order valence-corrected chi connectivity index (χ3v) is 3.07. The van der Waals surface area contributed by atoms with Crippen molar-refractivity contribution in [2.75, 3.05) is 26.8 Å². The Morgan fingerprint density at radius 2 is 2.00 bits per heavy atom. The molecule has 0 radical (unpaired) electrons. The van der Waals surface area contributed by atoms with Crippen LogP contribution < -0.4 is 5.73 Å². The maximum absolute atomic E-state index is 5.83. The van der Waals surface area contributed by atoms with Crippen molar-refractivity contribution in [2.45, 2.75) is 25.9 Å². The van der Waals surface area contributed by atoms with Gasteiger partial charge in [-0.25, -0.2) is 0 Å². The molecular formula is C14H24N2O. The first-order chi connectivity index (χ1) is 8.31. The highest BCUT2D eigenvalue weighted by molar-refractivity contribution is 5.14. The quantitative estimate of drug-likeness (QED) is 0.749. The minimum atomic E-state index is 0.436. The number of hydrogen-bond donors (Lipinski definition) is 1. The number of methoxy groups -OCH3 is 1. The van der Waals surface area contributed by atoms with E-state index in [0.717, 1.165) is 26.1 Å². The lowest BCUT2D eigenvalue weighted by Crippen LogP contribution is -2.41. The Kier molecular flexibility index (Phi) is 6.86. The third-order valence-electron chi connectivity index (χ3n) is 3.07. The molecule has 0 saturated heterocycles. The normalized spacial score (nSPS) is 12.9. The molecule has 0 spiro atoms. The Morgan fingerprint density at radius 1 is 1.29 bits per heavy atom. The fourth-order valence-electron chi connectivity index (χ4n) is 1.99. The van der Waals surface area contributed by atoms with Crippen LogP contribution in [0, 0.1) is 0 Å². The minimum absolute atomic E-state index is 0.436. The fraction of sp³-hybridized carbons (Fsp3) is 0.571. The lowest BCUT2D eigenvalue weighted by atomic mass is 10.1. The van der Waals surface area contributed by atoms with Gasteiger partial charge in [-0.1, -0.05) is 37.3 Å². The highest BCUT2D eigenvalue weighted by Crippen LogP contribution is 2.09. The van der Waals surface area contributed by atoms with Gasteiger partial charge < -0.3 is 10.5 Å². The molecule has 1 rings (SSSR count). The molecule has 0 aliphatic heterocycles. The van der Waals surface area contributed by atoms with E-state index in [2.05, 4.69) is 36.1 Å². The van der Waals surface area contributed by atoms with Gasteiger partial charge in [-0.3, -0.25) is 4.90 Å². The van der Waals surface area contributed by atoms with E-state index >= 15 is 0 Å². The van der Waals surface area contributed by atoms with Gasteiger partial charge in [0.05, 0.1) is 6.61 Å². The molecule has 0 heterocycles.